The second-order valence-electron chi connectivity index (χ2n) is 4.89. The highest BCUT2D eigenvalue weighted by Crippen LogP contribution is 2.26. The summed E-state index contributed by atoms with van der Waals surface area (Å²) in [6.07, 6.45) is 0.0196. The lowest BCUT2D eigenvalue weighted by molar-refractivity contribution is -0.385. The highest BCUT2D eigenvalue weighted by molar-refractivity contribution is 5.74. The van der Waals surface area contributed by atoms with Gasteiger partial charge in [0.1, 0.15) is 6.29 Å². The van der Waals surface area contributed by atoms with E-state index in [1.165, 1.54) is 6.07 Å². The Hall–Kier alpha value is -2.53. The third-order valence-electron chi connectivity index (χ3n) is 3.30. The summed E-state index contributed by atoms with van der Waals surface area (Å²) in [5.74, 6) is 0. The predicted octanol–water partition coefficient (Wildman–Crippen LogP) is 2.99. The summed E-state index contributed by atoms with van der Waals surface area (Å²) in [5, 5.41) is 21.2. The first-order valence-corrected chi connectivity index (χ1v) is 6.48. The lowest BCUT2D eigenvalue weighted by atomic mass is 9.98. The number of carbonyl (C=O) groups excluding carboxylic acids is 1. The van der Waals surface area contributed by atoms with Crippen LogP contribution in [0.2, 0.25) is 0 Å². The maximum atomic E-state index is 11.0. The molecule has 0 aliphatic rings. The minimum atomic E-state index is -0.855. The van der Waals surface area contributed by atoms with Gasteiger partial charge in [-0.3, -0.25) is 14.9 Å². The van der Waals surface area contributed by atoms with Gasteiger partial charge < -0.3 is 5.11 Å². The fraction of sp³-hybridized carbons (Fsp3) is 0.188. The van der Waals surface area contributed by atoms with Gasteiger partial charge in [0, 0.05) is 23.6 Å². The molecule has 0 bridgehead atoms. The van der Waals surface area contributed by atoms with Crippen LogP contribution in [0, 0.1) is 17.0 Å². The number of benzene rings is 2. The Kier molecular flexibility index (Phi) is 4.45. The van der Waals surface area contributed by atoms with Crippen molar-refractivity contribution in [1.29, 1.82) is 0 Å². The number of nitrogens with zero attached hydrogens (tertiary/aromatic N) is 1. The second kappa shape index (κ2) is 6.28. The number of nitro groups is 1. The summed E-state index contributed by atoms with van der Waals surface area (Å²) in [6.45, 7) is 1.85. The number of aliphatic hydroxyl groups is 1. The molecule has 0 heterocycles. The van der Waals surface area contributed by atoms with Crippen LogP contribution in [0.25, 0.3) is 0 Å². The van der Waals surface area contributed by atoms with Gasteiger partial charge >= 0.3 is 0 Å². The lowest BCUT2D eigenvalue weighted by Gasteiger charge is -2.12. The zero-order valence-electron chi connectivity index (χ0n) is 11.5. The summed E-state index contributed by atoms with van der Waals surface area (Å²) in [7, 11) is 0. The van der Waals surface area contributed by atoms with E-state index in [1.54, 1.807) is 36.4 Å². The van der Waals surface area contributed by atoms with Gasteiger partial charge in [-0.15, -0.1) is 0 Å². The van der Waals surface area contributed by atoms with E-state index in [0.717, 1.165) is 11.8 Å². The first-order chi connectivity index (χ1) is 10.0. The Morgan fingerprint density at radius 1 is 1.24 bits per heavy atom. The number of aryl methyl sites for hydroxylation is 1. The van der Waals surface area contributed by atoms with Crippen molar-refractivity contribution in [2.24, 2.45) is 0 Å². The normalized spacial score (nSPS) is 11.9. The number of rotatable bonds is 5. The molecule has 0 amide bonds. The Morgan fingerprint density at radius 2 is 1.90 bits per heavy atom. The molecule has 5 nitrogen and oxygen atoms in total. The molecule has 5 heteroatoms. The van der Waals surface area contributed by atoms with E-state index in [1.807, 2.05) is 6.92 Å². The molecule has 1 unspecified atom stereocenters. The Bertz CT molecular complexity index is 664. The molecule has 0 aliphatic carbocycles. The van der Waals surface area contributed by atoms with E-state index in [2.05, 4.69) is 0 Å². The number of hydrogen-bond donors (Lipinski definition) is 1. The van der Waals surface area contributed by atoms with Crippen molar-refractivity contribution in [3.05, 3.63) is 74.8 Å². The van der Waals surface area contributed by atoms with Gasteiger partial charge in [0.05, 0.1) is 11.0 Å². The highest BCUT2D eigenvalue weighted by atomic mass is 16.6. The Labute approximate surface area is 122 Å². The van der Waals surface area contributed by atoms with Gasteiger partial charge in [-0.05, 0) is 18.6 Å². The fourth-order valence-electron chi connectivity index (χ4n) is 2.18. The standard InChI is InChI=1S/C16H15NO4/c1-11-2-7-15(17(20)21)14(8-11)9-16(19)13-5-3-12(10-18)4-6-13/h2-8,10,16,19H,9H2,1H3. The first-order valence-electron chi connectivity index (χ1n) is 6.48. The molecule has 2 aromatic rings. The summed E-state index contributed by atoms with van der Waals surface area (Å²) in [6, 6.07) is 11.3. The molecule has 1 N–H and O–H groups in total. The minimum Gasteiger partial charge on any atom is -0.388 e. The monoisotopic (exact) mass is 285 g/mol. The van der Waals surface area contributed by atoms with E-state index in [9.17, 15) is 20.0 Å². The predicted molar refractivity (Wildman–Crippen MR) is 78.3 cm³/mol. The topological polar surface area (TPSA) is 80.4 Å². The van der Waals surface area contributed by atoms with Crippen LogP contribution in [0.4, 0.5) is 5.69 Å². The third-order valence-corrected chi connectivity index (χ3v) is 3.30. The van der Waals surface area contributed by atoms with E-state index in [-0.39, 0.29) is 12.1 Å². The van der Waals surface area contributed by atoms with E-state index in [0.29, 0.717) is 16.7 Å². The van der Waals surface area contributed by atoms with Gasteiger partial charge in [0.25, 0.3) is 5.69 Å². The quantitative estimate of drug-likeness (QED) is 0.520. The number of hydrogen-bond acceptors (Lipinski definition) is 4. The highest BCUT2D eigenvalue weighted by Gasteiger charge is 2.17. The summed E-state index contributed by atoms with van der Waals surface area (Å²) in [5.41, 5.74) is 2.54. The van der Waals surface area contributed by atoms with Crippen molar-refractivity contribution in [3.63, 3.8) is 0 Å². The third kappa shape index (κ3) is 3.52. The average Bonchev–Trinajstić information content (AvgIpc) is 2.47. The smallest absolute Gasteiger partial charge is 0.272 e. The molecular formula is C16H15NO4. The number of nitro benzene ring substituents is 1. The van der Waals surface area contributed by atoms with Crippen LogP contribution in [0.5, 0.6) is 0 Å². The average molecular weight is 285 g/mol. The van der Waals surface area contributed by atoms with Crippen molar-refractivity contribution >= 4 is 12.0 Å². The molecule has 0 aliphatic heterocycles. The zero-order valence-corrected chi connectivity index (χ0v) is 11.5. The largest absolute Gasteiger partial charge is 0.388 e. The van der Waals surface area contributed by atoms with E-state index >= 15 is 0 Å². The van der Waals surface area contributed by atoms with Crippen LogP contribution in [-0.2, 0) is 6.42 Å². The molecule has 2 aromatic carbocycles. The lowest BCUT2D eigenvalue weighted by Crippen LogP contribution is -2.05. The van der Waals surface area contributed by atoms with Gasteiger partial charge in [-0.2, -0.15) is 0 Å². The number of carbonyl (C=O) groups is 1. The second-order valence-corrected chi connectivity index (χ2v) is 4.89. The number of aliphatic hydroxyl groups excluding tert-OH is 1. The molecule has 0 aromatic heterocycles. The van der Waals surface area contributed by atoms with Crippen LogP contribution in [0.3, 0.4) is 0 Å². The van der Waals surface area contributed by atoms with Crippen molar-refractivity contribution in [2.45, 2.75) is 19.4 Å². The Balaban J connectivity index is 2.25. The maximum absolute atomic E-state index is 11.0. The van der Waals surface area contributed by atoms with Crippen molar-refractivity contribution in [1.82, 2.24) is 0 Å². The molecule has 0 saturated heterocycles. The first kappa shape index (κ1) is 14.9. The molecule has 1 atom stereocenters. The summed E-state index contributed by atoms with van der Waals surface area (Å²) >= 11 is 0. The van der Waals surface area contributed by atoms with E-state index in [4.69, 9.17) is 0 Å². The maximum Gasteiger partial charge on any atom is 0.272 e. The van der Waals surface area contributed by atoms with E-state index < -0.39 is 11.0 Å². The SMILES string of the molecule is Cc1ccc([N+](=O)[O-])c(CC(O)c2ccc(C=O)cc2)c1. The van der Waals surface area contributed by atoms with Crippen LogP contribution in [0.15, 0.2) is 42.5 Å². The minimum absolute atomic E-state index is 0.00385. The van der Waals surface area contributed by atoms with Gasteiger partial charge in [0.2, 0.25) is 0 Å². The molecule has 0 spiro atoms. The molecule has 108 valence electrons. The van der Waals surface area contributed by atoms with Crippen LogP contribution in [0.1, 0.15) is 33.2 Å². The Morgan fingerprint density at radius 3 is 2.48 bits per heavy atom. The van der Waals surface area contributed by atoms with Gasteiger partial charge in [-0.1, -0.05) is 35.9 Å². The summed E-state index contributed by atoms with van der Waals surface area (Å²) < 4.78 is 0. The molecule has 0 radical (unpaired) electrons. The van der Waals surface area contributed by atoms with Gasteiger partial charge in [0.15, 0.2) is 0 Å². The van der Waals surface area contributed by atoms with Crippen molar-refractivity contribution in [3.8, 4) is 0 Å². The van der Waals surface area contributed by atoms with Crippen molar-refractivity contribution in [2.75, 3.05) is 0 Å². The molecule has 0 fully saturated rings. The van der Waals surface area contributed by atoms with Crippen LogP contribution in [-0.4, -0.2) is 16.3 Å². The molecule has 2 rings (SSSR count). The summed E-state index contributed by atoms with van der Waals surface area (Å²) in [4.78, 5) is 21.2. The van der Waals surface area contributed by atoms with Crippen LogP contribution >= 0.6 is 0 Å². The molecule has 21 heavy (non-hydrogen) atoms. The van der Waals surface area contributed by atoms with Crippen LogP contribution < -0.4 is 0 Å². The zero-order chi connectivity index (χ0) is 15.4. The molecule has 0 saturated carbocycles. The van der Waals surface area contributed by atoms with Gasteiger partial charge in [-0.25, -0.2) is 0 Å². The fourth-order valence-corrected chi connectivity index (χ4v) is 2.18. The molecular weight excluding hydrogens is 270 g/mol. The number of aldehydes is 1. The van der Waals surface area contributed by atoms with Crippen molar-refractivity contribution < 1.29 is 14.8 Å².